The molecule has 1 aliphatic heterocycles. The monoisotopic (exact) mass is 294 g/mol. The molecule has 1 amide bonds. The van der Waals surface area contributed by atoms with Crippen molar-refractivity contribution in [3.05, 3.63) is 34.9 Å². The molecule has 0 spiro atoms. The van der Waals surface area contributed by atoms with Crippen molar-refractivity contribution >= 4 is 5.91 Å². The molecule has 2 rings (SSSR count). The Balaban J connectivity index is 2.17. The summed E-state index contributed by atoms with van der Waals surface area (Å²) in [5.41, 5.74) is -0.0995. The van der Waals surface area contributed by atoms with Gasteiger partial charge in [-0.1, -0.05) is 0 Å². The molecule has 0 aromatic heterocycles. The Morgan fingerprint density at radius 2 is 2.14 bits per heavy atom. The minimum absolute atomic E-state index is 0.0336. The number of nitrogens with zero attached hydrogens (tertiary/aromatic N) is 2. The second-order valence-corrected chi connectivity index (χ2v) is 5.15. The zero-order valence-electron chi connectivity index (χ0n) is 11.9. The summed E-state index contributed by atoms with van der Waals surface area (Å²) < 4.78 is 32.4. The largest absolute Gasteiger partial charge is 0.379 e. The van der Waals surface area contributed by atoms with E-state index in [1.165, 1.54) is 4.90 Å². The van der Waals surface area contributed by atoms with Gasteiger partial charge < -0.3 is 9.64 Å². The zero-order valence-corrected chi connectivity index (χ0v) is 11.9. The van der Waals surface area contributed by atoms with Gasteiger partial charge in [-0.2, -0.15) is 5.26 Å². The number of ether oxygens (including phenoxy) is 1. The summed E-state index contributed by atoms with van der Waals surface area (Å²) in [5.74, 6) is -2.19. The summed E-state index contributed by atoms with van der Waals surface area (Å²) in [4.78, 5) is 13.5. The van der Waals surface area contributed by atoms with Crippen LogP contribution in [0.25, 0.3) is 0 Å². The minimum atomic E-state index is -1.01. The van der Waals surface area contributed by atoms with E-state index in [1.807, 2.05) is 19.9 Å². The molecule has 1 aromatic carbocycles. The molecule has 112 valence electrons. The van der Waals surface area contributed by atoms with Crippen LogP contribution in [-0.2, 0) is 4.74 Å². The van der Waals surface area contributed by atoms with Gasteiger partial charge in [-0.25, -0.2) is 8.78 Å². The third kappa shape index (κ3) is 3.03. The first-order valence-corrected chi connectivity index (χ1v) is 6.76. The molecule has 4 nitrogen and oxygen atoms in total. The van der Waals surface area contributed by atoms with E-state index < -0.39 is 23.6 Å². The van der Waals surface area contributed by atoms with Crippen molar-refractivity contribution in [2.75, 3.05) is 13.2 Å². The Morgan fingerprint density at radius 1 is 1.43 bits per heavy atom. The molecule has 0 aliphatic carbocycles. The third-order valence-electron chi connectivity index (χ3n) is 3.29. The van der Waals surface area contributed by atoms with Crippen LogP contribution in [0.2, 0.25) is 0 Å². The van der Waals surface area contributed by atoms with Crippen molar-refractivity contribution in [2.24, 2.45) is 0 Å². The van der Waals surface area contributed by atoms with Gasteiger partial charge in [0.15, 0.2) is 0 Å². The van der Waals surface area contributed by atoms with Crippen molar-refractivity contribution in [2.45, 2.75) is 32.4 Å². The lowest BCUT2D eigenvalue weighted by Crippen LogP contribution is -2.29. The van der Waals surface area contributed by atoms with E-state index in [2.05, 4.69) is 0 Å². The van der Waals surface area contributed by atoms with Crippen molar-refractivity contribution in [3.63, 3.8) is 0 Å². The third-order valence-corrected chi connectivity index (χ3v) is 3.29. The van der Waals surface area contributed by atoms with Crippen LogP contribution in [0.3, 0.4) is 0 Å². The summed E-state index contributed by atoms with van der Waals surface area (Å²) in [6.45, 7) is 4.49. The SMILES string of the molecule is CC(C)OCCCN1C(=O)c2cc(F)cc(F)c2C1C#N. The molecule has 1 aliphatic rings. The maximum atomic E-state index is 13.8. The van der Waals surface area contributed by atoms with E-state index in [4.69, 9.17) is 4.74 Å². The zero-order chi connectivity index (χ0) is 15.6. The van der Waals surface area contributed by atoms with Crippen LogP contribution in [-0.4, -0.2) is 30.1 Å². The summed E-state index contributed by atoms with van der Waals surface area (Å²) in [6.07, 6.45) is 0.606. The van der Waals surface area contributed by atoms with Gasteiger partial charge in [-0.15, -0.1) is 0 Å². The van der Waals surface area contributed by atoms with E-state index in [0.717, 1.165) is 6.07 Å². The maximum Gasteiger partial charge on any atom is 0.255 e. The Hall–Kier alpha value is -2.00. The predicted octanol–water partition coefficient (Wildman–Crippen LogP) is 2.80. The van der Waals surface area contributed by atoms with Gasteiger partial charge in [0, 0.05) is 24.8 Å². The smallest absolute Gasteiger partial charge is 0.255 e. The van der Waals surface area contributed by atoms with Gasteiger partial charge in [0.05, 0.1) is 17.7 Å². The van der Waals surface area contributed by atoms with E-state index >= 15 is 0 Å². The van der Waals surface area contributed by atoms with Crippen LogP contribution in [0.5, 0.6) is 0 Å². The normalized spacial score (nSPS) is 17.2. The number of nitriles is 1. The highest BCUT2D eigenvalue weighted by Crippen LogP contribution is 2.35. The number of carbonyl (C=O) groups excluding carboxylic acids is 1. The van der Waals surface area contributed by atoms with Crippen LogP contribution in [0, 0.1) is 23.0 Å². The van der Waals surface area contributed by atoms with Crippen molar-refractivity contribution in [1.82, 2.24) is 4.90 Å². The van der Waals surface area contributed by atoms with Crippen LogP contribution in [0.4, 0.5) is 8.78 Å². The fourth-order valence-corrected chi connectivity index (χ4v) is 2.39. The second kappa shape index (κ2) is 6.19. The van der Waals surface area contributed by atoms with Crippen molar-refractivity contribution in [3.8, 4) is 6.07 Å². The molecule has 6 heteroatoms. The summed E-state index contributed by atoms with van der Waals surface area (Å²) in [5, 5.41) is 9.20. The van der Waals surface area contributed by atoms with Crippen LogP contribution >= 0.6 is 0 Å². The maximum absolute atomic E-state index is 13.8. The highest BCUT2D eigenvalue weighted by molar-refractivity contribution is 5.99. The molecule has 1 atom stereocenters. The number of carbonyl (C=O) groups is 1. The first-order valence-electron chi connectivity index (χ1n) is 6.76. The first-order chi connectivity index (χ1) is 9.95. The lowest BCUT2D eigenvalue weighted by Gasteiger charge is -2.20. The van der Waals surface area contributed by atoms with Crippen LogP contribution in [0.15, 0.2) is 12.1 Å². The van der Waals surface area contributed by atoms with Gasteiger partial charge in [-0.3, -0.25) is 4.79 Å². The molecule has 21 heavy (non-hydrogen) atoms. The van der Waals surface area contributed by atoms with E-state index in [9.17, 15) is 18.8 Å². The van der Waals surface area contributed by atoms with Crippen molar-refractivity contribution in [1.29, 1.82) is 5.26 Å². The lowest BCUT2D eigenvalue weighted by molar-refractivity contribution is 0.0611. The van der Waals surface area contributed by atoms with E-state index in [-0.39, 0.29) is 23.8 Å². The van der Waals surface area contributed by atoms with Crippen LogP contribution < -0.4 is 0 Å². The number of halogens is 2. The second-order valence-electron chi connectivity index (χ2n) is 5.15. The van der Waals surface area contributed by atoms with Gasteiger partial charge in [0.25, 0.3) is 5.91 Å². The number of rotatable bonds is 5. The summed E-state index contributed by atoms with van der Waals surface area (Å²) in [7, 11) is 0. The average molecular weight is 294 g/mol. The quantitative estimate of drug-likeness (QED) is 0.785. The standard InChI is InChI=1S/C15H16F2N2O2/c1-9(2)21-5-3-4-19-13(8-18)14-11(15(19)20)6-10(16)7-12(14)17/h6-7,9,13H,3-5H2,1-2H3. The Bertz CT molecular complexity index is 596. The average Bonchev–Trinajstić information content (AvgIpc) is 2.68. The highest BCUT2D eigenvalue weighted by Gasteiger charge is 2.39. The molecule has 0 saturated carbocycles. The Morgan fingerprint density at radius 3 is 2.76 bits per heavy atom. The number of fused-ring (bicyclic) bond motifs is 1. The predicted molar refractivity (Wildman–Crippen MR) is 71.5 cm³/mol. The molecule has 0 fully saturated rings. The molecule has 0 saturated heterocycles. The van der Waals surface area contributed by atoms with E-state index in [1.54, 1.807) is 0 Å². The molecular weight excluding hydrogens is 278 g/mol. The molecule has 1 aromatic rings. The Labute approximate surface area is 121 Å². The van der Waals surface area contributed by atoms with Gasteiger partial charge >= 0.3 is 0 Å². The summed E-state index contributed by atoms with van der Waals surface area (Å²) >= 11 is 0. The first kappa shape index (κ1) is 15.4. The van der Waals surface area contributed by atoms with Gasteiger partial charge in [-0.05, 0) is 26.3 Å². The molecule has 1 heterocycles. The number of hydrogen-bond acceptors (Lipinski definition) is 3. The Kier molecular flexibility index (Phi) is 4.53. The lowest BCUT2D eigenvalue weighted by atomic mass is 10.0. The topological polar surface area (TPSA) is 53.3 Å². The van der Waals surface area contributed by atoms with Gasteiger partial charge in [0.2, 0.25) is 0 Å². The number of amides is 1. The molecule has 1 unspecified atom stereocenters. The fourth-order valence-electron chi connectivity index (χ4n) is 2.39. The van der Waals surface area contributed by atoms with Gasteiger partial charge in [0.1, 0.15) is 17.7 Å². The minimum Gasteiger partial charge on any atom is -0.379 e. The molecule has 0 N–H and O–H groups in total. The number of benzene rings is 1. The summed E-state index contributed by atoms with van der Waals surface area (Å²) in [6, 6.07) is 2.58. The number of hydrogen-bond donors (Lipinski definition) is 0. The molecular formula is C15H16F2N2O2. The highest BCUT2D eigenvalue weighted by atomic mass is 19.1. The fraction of sp³-hybridized carbons (Fsp3) is 0.467. The van der Waals surface area contributed by atoms with E-state index in [0.29, 0.717) is 19.1 Å². The molecule has 0 radical (unpaired) electrons. The van der Waals surface area contributed by atoms with Crippen LogP contribution in [0.1, 0.15) is 42.2 Å². The molecule has 0 bridgehead atoms. The van der Waals surface area contributed by atoms with Crippen molar-refractivity contribution < 1.29 is 18.3 Å².